The smallest absolute Gasteiger partial charge is 0.121 e. The molecule has 0 spiro atoms. The van der Waals surface area contributed by atoms with Gasteiger partial charge in [0.25, 0.3) is 0 Å². The zero-order chi connectivity index (χ0) is 12.1. The van der Waals surface area contributed by atoms with Crippen molar-refractivity contribution < 1.29 is 10.2 Å². The normalized spacial score (nSPS) is 26.8. The number of benzene rings is 1. The van der Waals surface area contributed by atoms with Crippen molar-refractivity contribution in [2.24, 2.45) is 5.41 Å². The largest absolute Gasteiger partial charge is 0.507 e. The van der Waals surface area contributed by atoms with Crippen LogP contribution in [0.25, 0.3) is 0 Å². The second-order valence-corrected chi connectivity index (χ2v) is 5.76. The number of rotatable bonds is 2. The lowest BCUT2D eigenvalue weighted by Gasteiger charge is -2.20. The van der Waals surface area contributed by atoms with E-state index in [4.69, 9.17) is 0 Å². The minimum Gasteiger partial charge on any atom is -0.507 e. The Labute approximate surface area is 96.9 Å². The number of phenolic OH excluding ortho intramolecular Hbond substituents is 1. The zero-order valence-electron chi connectivity index (χ0n) is 10.5. The Morgan fingerprint density at radius 3 is 1.94 bits per heavy atom. The molecule has 88 valence electrons. The van der Waals surface area contributed by atoms with E-state index in [0.717, 1.165) is 23.1 Å². The molecule has 0 radical (unpaired) electrons. The van der Waals surface area contributed by atoms with E-state index in [-0.39, 0.29) is 17.4 Å². The minimum atomic E-state index is -0.101. The van der Waals surface area contributed by atoms with Gasteiger partial charge >= 0.3 is 0 Å². The summed E-state index contributed by atoms with van der Waals surface area (Å²) in [5.74, 6) is 0.371. The van der Waals surface area contributed by atoms with Gasteiger partial charge in [-0.1, -0.05) is 26.0 Å². The lowest BCUT2D eigenvalue weighted by atomic mass is 9.86. The second kappa shape index (κ2) is 3.24. The monoisotopic (exact) mass is 220 g/mol. The summed E-state index contributed by atoms with van der Waals surface area (Å²) in [4.78, 5) is 0. The fourth-order valence-corrected chi connectivity index (χ4v) is 2.80. The van der Waals surface area contributed by atoms with Crippen LogP contribution >= 0.6 is 0 Å². The summed E-state index contributed by atoms with van der Waals surface area (Å²) >= 11 is 0. The van der Waals surface area contributed by atoms with E-state index in [2.05, 4.69) is 13.8 Å². The highest BCUT2D eigenvalue weighted by Crippen LogP contribution is 2.64. The maximum atomic E-state index is 9.76. The Hall–Kier alpha value is -1.02. The fraction of sp³-hybridized carbons (Fsp3) is 0.571. The molecule has 2 heteroatoms. The van der Waals surface area contributed by atoms with Gasteiger partial charge in [0, 0.05) is 5.41 Å². The Bertz CT molecular complexity index is 411. The summed E-state index contributed by atoms with van der Waals surface area (Å²) in [5, 5.41) is 19.4. The van der Waals surface area contributed by atoms with Gasteiger partial charge in [-0.25, -0.2) is 0 Å². The number of aryl methyl sites for hydroxylation is 2. The molecule has 1 atom stereocenters. The Morgan fingerprint density at radius 2 is 1.62 bits per heavy atom. The Kier molecular flexibility index (Phi) is 2.32. The minimum absolute atomic E-state index is 0.101. The highest BCUT2D eigenvalue weighted by molar-refractivity contribution is 5.48. The van der Waals surface area contributed by atoms with Gasteiger partial charge in [0.15, 0.2) is 0 Å². The molecule has 0 amide bonds. The first-order valence-corrected chi connectivity index (χ1v) is 5.76. The van der Waals surface area contributed by atoms with Gasteiger partial charge in [0.05, 0.1) is 6.61 Å². The highest BCUT2D eigenvalue weighted by Gasteiger charge is 2.61. The van der Waals surface area contributed by atoms with Crippen LogP contribution in [0.5, 0.6) is 5.75 Å². The molecule has 2 N–H and O–H groups in total. The number of aromatic hydroxyl groups is 1. The van der Waals surface area contributed by atoms with Crippen LogP contribution in [-0.2, 0) is 5.41 Å². The van der Waals surface area contributed by atoms with Crippen LogP contribution < -0.4 is 0 Å². The molecule has 1 aliphatic rings. The molecule has 0 heterocycles. The molecule has 2 rings (SSSR count). The molecule has 0 saturated heterocycles. The molecule has 1 aromatic carbocycles. The fourth-order valence-electron chi connectivity index (χ4n) is 2.80. The van der Waals surface area contributed by atoms with Gasteiger partial charge in [-0.15, -0.1) is 0 Å². The standard InChI is InChI=1S/C14H20O2/c1-9-5-11(6-10(2)12(9)16)14(8-15)7-13(14,3)4/h5-6,15-16H,7-8H2,1-4H3. The molecule has 16 heavy (non-hydrogen) atoms. The van der Waals surface area contributed by atoms with Crippen molar-refractivity contribution in [3.05, 3.63) is 28.8 Å². The molecule has 1 saturated carbocycles. The maximum absolute atomic E-state index is 9.76. The lowest BCUT2D eigenvalue weighted by molar-refractivity contribution is 0.231. The third-order valence-corrected chi connectivity index (χ3v) is 4.23. The Morgan fingerprint density at radius 1 is 1.19 bits per heavy atom. The average molecular weight is 220 g/mol. The topological polar surface area (TPSA) is 40.5 Å². The van der Waals surface area contributed by atoms with Crippen molar-refractivity contribution in [3.63, 3.8) is 0 Å². The summed E-state index contributed by atoms with van der Waals surface area (Å²) in [6.45, 7) is 8.36. The van der Waals surface area contributed by atoms with E-state index >= 15 is 0 Å². The van der Waals surface area contributed by atoms with E-state index in [1.54, 1.807) is 0 Å². The van der Waals surface area contributed by atoms with Crippen LogP contribution in [0.1, 0.15) is 37.0 Å². The van der Waals surface area contributed by atoms with Crippen molar-refractivity contribution in [1.82, 2.24) is 0 Å². The van der Waals surface area contributed by atoms with Gasteiger partial charge in [-0.2, -0.15) is 0 Å². The summed E-state index contributed by atoms with van der Waals surface area (Å²) in [5.41, 5.74) is 3.01. The Balaban J connectivity index is 2.50. The number of hydrogen-bond acceptors (Lipinski definition) is 2. The van der Waals surface area contributed by atoms with Gasteiger partial charge < -0.3 is 10.2 Å². The number of hydrogen-bond donors (Lipinski definition) is 2. The predicted octanol–water partition coefficient (Wildman–Crippen LogP) is 2.67. The van der Waals surface area contributed by atoms with E-state index in [1.165, 1.54) is 0 Å². The molecule has 0 aliphatic heterocycles. The predicted molar refractivity (Wildman–Crippen MR) is 64.7 cm³/mol. The first-order chi connectivity index (χ1) is 7.34. The van der Waals surface area contributed by atoms with Crippen LogP contribution in [0, 0.1) is 19.3 Å². The van der Waals surface area contributed by atoms with Crippen LogP contribution in [0.2, 0.25) is 0 Å². The van der Waals surface area contributed by atoms with Gasteiger partial charge in [0.1, 0.15) is 5.75 Å². The zero-order valence-corrected chi connectivity index (χ0v) is 10.5. The first-order valence-electron chi connectivity index (χ1n) is 5.76. The summed E-state index contributed by atoms with van der Waals surface area (Å²) in [7, 11) is 0. The van der Waals surface area contributed by atoms with Gasteiger partial charge in [-0.05, 0) is 42.4 Å². The lowest BCUT2D eigenvalue weighted by Crippen LogP contribution is -2.19. The molecule has 1 fully saturated rings. The molecule has 0 bridgehead atoms. The summed E-state index contributed by atoms with van der Waals surface area (Å²) < 4.78 is 0. The van der Waals surface area contributed by atoms with E-state index in [0.29, 0.717) is 5.75 Å². The van der Waals surface area contributed by atoms with Crippen molar-refractivity contribution in [2.45, 2.75) is 39.5 Å². The van der Waals surface area contributed by atoms with Crippen molar-refractivity contribution in [2.75, 3.05) is 6.61 Å². The maximum Gasteiger partial charge on any atom is 0.121 e. The number of aliphatic hydroxyl groups excluding tert-OH is 1. The van der Waals surface area contributed by atoms with E-state index < -0.39 is 0 Å². The van der Waals surface area contributed by atoms with Crippen molar-refractivity contribution >= 4 is 0 Å². The van der Waals surface area contributed by atoms with E-state index in [9.17, 15) is 10.2 Å². The molecule has 0 aromatic heterocycles. The molecule has 2 nitrogen and oxygen atoms in total. The molecule has 1 aromatic rings. The van der Waals surface area contributed by atoms with E-state index in [1.807, 2.05) is 26.0 Å². The summed E-state index contributed by atoms with van der Waals surface area (Å²) in [6.07, 6.45) is 1.01. The average Bonchev–Trinajstić information content (AvgIpc) is 2.78. The molecular weight excluding hydrogens is 200 g/mol. The quantitative estimate of drug-likeness (QED) is 0.804. The third kappa shape index (κ3) is 1.36. The van der Waals surface area contributed by atoms with Crippen molar-refractivity contribution in [1.29, 1.82) is 0 Å². The molecule has 1 unspecified atom stereocenters. The van der Waals surface area contributed by atoms with Crippen LogP contribution in [0.15, 0.2) is 12.1 Å². The van der Waals surface area contributed by atoms with Crippen molar-refractivity contribution in [3.8, 4) is 5.75 Å². The molecular formula is C14H20O2. The third-order valence-electron chi connectivity index (χ3n) is 4.23. The van der Waals surface area contributed by atoms with Crippen LogP contribution in [0.3, 0.4) is 0 Å². The highest BCUT2D eigenvalue weighted by atomic mass is 16.3. The van der Waals surface area contributed by atoms with Crippen LogP contribution in [0.4, 0.5) is 0 Å². The van der Waals surface area contributed by atoms with Gasteiger partial charge in [-0.3, -0.25) is 0 Å². The second-order valence-electron chi connectivity index (χ2n) is 5.76. The number of aliphatic hydroxyl groups is 1. The molecule has 1 aliphatic carbocycles. The summed E-state index contributed by atoms with van der Waals surface area (Å²) in [6, 6.07) is 4.01. The first kappa shape index (κ1) is 11.5. The van der Waals surface area contributed by atoms with Crippen LogP contribution in [-0.4, -0.2) is 16.8 Å². The number of phenols is 1. The van der Waals surface area contributed by atoms with Gasteiger partial charge in [0.2, 0.25) is 0 Å². The SMILES string of the molecule is Cc1cc(C2(CO)CC2(C)C)cc(C)c1O.